The van der Waals surface area contributed by atoms with E-state index < -0.39 is 0 Å². The Hall–Kier alpha value is -2.59. The molecule has 1 unspecified atom stereocenters. The van der Waals surface area contributed by atoms with Crippen LogP contribution in [0.4, 0.5) is 0 Å². The van der Waals surface area contributed by atoms with Crippen LogP contribution < -0.4 is 5.32 Å². The van der Waals surface area contributed by atoms with Gasteiger partial charge in [-0.15, -0.1) is 0 Å². The predicted octanol–water partition coefficient (Wildman–Crippen LogP) is 5.23. The fraction of sp³-hybridized carbons (Fsp3) is 0.360. The van der Waals surface area contributed by atoms with Crippen molar-refractivity contribution in [3.8, 4) is 0 Å². The Morgan fingerprint density at radius 3 is 2.50 bits per heavy atom. The van der Waals surface area contributed by atoms with Gasteiger partial charge in [0.1, 0.15) is 0 Å². The zero-order chi connectivity index (χ0) is 21.1. The Labute approximate surface area is 182 Å². The average molecular weight is 423 g/mol. The normalized spacial score (nSPS) is 19.4. The summed E-state index contributed by atoms with van der Waals surface area (Å²) in [6, 6.07) is 15.7. The molecule has 1 fully saturated rings. The van der Waals surface area contributed by atoms with Crippen molar-refractivity contribution in [2.24, 2.45) is 0 Å². The summed E-state index contributed by atoms with van der Waals surface area (Å²) in [4.78, 5) is 26.8. The number of nitrogens with zero attached hydrogens (tertiary/aromatic N) is 1. The van der Waals surface area contributed by atoms with Crippen molar-refractivity contribution in [1.29, 1.82) is 0 Å². The van der Waals surface area contributed by atoms with Crippen LogP contribution in [0.5, 0.6) is 0 Å². The molecule has 1 saturated carbocycles. The summed E-state index contributed by atoms with van der Waals surface area (Å²) in [5.41, 5.74) is 3.27. The van der Waals surface area contributed by atoms with Crippen LogP contribution in [-0.2, 0) is 15.0 Å². The molecule has 4 rings (SSSR count). The molecule has 4 nitrogen and oxygen atoms in total. The lowest BCUT2D eigenvalue weighted by Gasteiger charge is -2.33. The number of amides is 2. The third-order valence-corrected chi connectivity index (χ3v) is 6.74. The maximum atomic E-state index is 13.0. The van der Waals surface area contributed by atoms with Crippen LogP contribution in [0, 0.1) is 0 Å². The molecule has 5 heteroatoms. The third kappa shape index (κ3) is 4.15. The van der Waals surface area contributed by atoms with Crippen molar-refractivity contribution in [3.05, 3.63) is 76.4 Å². The third-order valence-electron chi connectivity index (χ3n) is 6.49. The molecule has 1 aliphatic heterocycles. The zero-order valence-electron chi connectivity index (χ0n) is 17.2. The number of hydrogen-bond donors (Lipinski definition) is 1. The number of hydrogen-bond acceptors (Lipinski definition) is 2. The molecule has 1 atom stereocenters. The van der Waals surface area contributed by atoms with Crippen molar-refractivity contribution in [1.82, 2.24) is 10.2 Å². The molecule has 2 amide bonds. The second-order valence-electron chi connectivity index (χ2n) is 8.36. The first-order valence-corrected chi connectivity index (χ1v) is 11.0. The van der Waals surface area contributed by atoms with Crippen LogP contribution >= 0.6 is 11.6 Å². The van der Waals surface area contributed by atoms with E-state index >= 15 is 0 Å². The molecule has 156 valence electrons. The van der Waals surface area contributed by atoms with Crippen molar-refractivity contribution >= 4 is 29.5 Å². The summed E-state index contributed by atoms with van der Waals surface area (Å²) < 4.78 is 0. The highest BCUT2D eigenvalue weighted by Gasteiger charge is 2.36. The zero-order valence-corrected chi connectivity index (χ0v) is 18.0. The van der Waals surface area contributed by atoms with Gasteiger partial charge < -0.3 is 10.2 Å². The van der Waals surface area contributed by atoms with Crippen LogP contribution in [0.15, 0.2) is 54.7 Å². The summed E-state index contributed by atoms with van der Waals surface area (Å²) in [6.45, 7) is 2.15. The fourth-order valence-corrected chi connectivity index (χ4v) is 4.98. The first kappa shape index (κ1) is 20.7. The van der Waals surface area contributed by atoms with Gasteiger partial charge in [0.05, 0.1) is 12.5 Å². The van der Waals surface area contributed by atoms with Crippen LogP contribution in [0.2, 0.25) is 5.02 Å². The summed E-state index contributed by atoms with van der Waals surface area (Å²) >= 11 is 6.07. The summed E-state index contributed by atoms with van der Waals surface area (Å²) in [7, 11) is 0. The van der Waals surface area contributed by atoms with Crippen LogP contribution in [0.25, 0.3) is 6.08 Å². The molecule has 1 N–H and O–H groups in total. The van der Waals surface area contributed by atoms with Crippen molar-refractivity contribution < 1.29 is 9.59 Å². The molecule has 1 aliphatic carbocycles. The van der Waals surface area contributed by atoms with Gasteiger partial charge in [-0.1, -0.05) is 60.8 Å². The van der Waals surface area contributed by atoms with Gasteiger partial charge in [-0.05, 0) is 47.7 Å². The molecular formula is C25H27ClN2O2. The Bertz CT molecular complexity index is 961. The van der Waals surface area contributed by atoms with Crippen molar-refractivity contribution in [2.45, 2.75) is 50.5 Å². The van der Waals surface area contributed by atoms with Gasteiger partial charge >= 0.3 is 0 Å². The lowest BCUT2D eigenvalue weighted by atomic mass is 9.78. The highest BCUT2D eigenvalue weighted by atomic mass is 35.5. The summed E-state index contributed by atoms with van der Waals surface area (Å²) in [5.74, 6) is -0.0939. The molecule has 0 saturated heterocycles. The van der Waals surface area contributed by atoms with Gasteiger partial charge in [0.2, 0.25) is 11.8 Å². The van der Waals surface area contributed by atoms with Crippen molar-refractivity contribution in [2.75, 3.05) is 6.54 Å². The van der Waals surface area contributed by atoms with Gasteiger partial charge in [0.15, 0.2) is 0 Å². The van der Waals surface area contributed by atoms with Gasteiger partial charge in [-0.2, -0.15) is 0 Å². The van der Waals surface area contributed by atoms with E-state index in [9.17, 15) is 9.59 Å². The number of benzene rings is 2. The summed E-state index contributed by atoms with van der Waals surface area (Å²) in [6.07, 6.45) is 8.41. The molecule has 0 bridgehead atoms. The second-order valence-corrected chi connectivity index (χ2v) is 8.80. The maximum Gasteiger partial charge on any atom is 0.223 e. The fourth-order valence-electron chi connectivity index (χ4n) is 4.85. The van der Waals surface area contributed by atoms with E-state index in [4.69, 9.17) is 11.6 Å². The Morgan fingerprint density at radius 1 is 1.10 bits per heavy atom. The second kappa shape index (κ2) is 8.65. The van der Waals surface area contributed by atoms with Gasteiger partial charge in [-0.3, -0.25) is 9.59 Å². The Morgan fingerprint density at radius 2 is 1.80 bits per heavy atom. The van der Waals surface area contributed by atoms with Crippen LogP contribution in [-0.4, -0.2) is 23.3 Å². The maximum absolute atomic E-state index is 13.0. The molecule has 30 heavy (non-hydrogen) atoms. The number of halogens is 1. The van der Waals surface area contributed by atoms with E-state index in [1.165, 1.54) is 12.5 Å². The molecule has 0 radical (unpaired) electrons. The highest BCUT2D eigenvalue weighted by molar-refractivity contribution is 6.30. The van der Waals surface area contributed by atoms with E-state index in [1.54, 1.807) is 11.1 Å². The van der Waals surface area contributed by atoms with Gasteiger partial charge in [0.25, 0.3) is 0 Å². The molecule has 2 aromatic rings. The molecule has 0 spiro atoms. The first-order valence-electron chi connectivity index (χ1n) is 10.6. The lowest BCUT2D eigenvalue weighted by Crippen LogP contribution is -2.41. The Kier molecular flexibility index (Phi) is 5.96. The minimum absolute atomic E-state index is 0.0309. The van der Waals surface area contributed by atoms with Gasteiger partial charge in [0, 0.05) is 30.1 Å². The van der Waals surface area contributed by atoms with E-state index in [1.807, 2.05) is 42.5 Å². The monoisotopic (exact) mass is 422 g/mol. The smallest absolute Gasteiger partial charge is 0.223 e. The van der Waals surface area contributed by atoms with Crippen LogP contribution in [0.1, 0.15) is 61.8 Å². The quantitative estimate of drug-likeness (QED) is 0.716. The minimum Gasteiger partial charge on any atom is -0.355 e. The van der Waals surface area contributed by atoms with Gasteiger partial charge in [-0.25, -0.2) is 0 Å². The molecular weight excluding hydrogens is 396 g/mol. The highest BCUT2D eigenvalue weighted by Crippen LogP contribution is 2.41. The first-order chi connectivity index (χ1) is 14.5. The van der Waals surface area contributed by atoms with Crippen LogP contribution in [0.3, 0.4) is 0 Å². The van der Waals surface area contributed by atoms with E-state index in [2.05, 4.69) is 17.4 Å². The summed E-state index contributed by atoms with van der Waals surface area (Å²) in [5, 5.41) is 3.91. The molecule has 0 aromatic heterocycles. The lowest BCUT2D eigenvalue weighted by molar-refractivity contribution is -0.130. The molecule has 2 aliphatic rings. The van der Waals surface area contributed by atoms with E-state index in [0.29, 0.717) is 6.54 Å². The number of carbonyl (C=O) groups excluding carboxylic acids is 2. The molecule has 1 heterocycles. The SMILES string of the molecule is CC(=O)N1C=Cc2ccccc2C1CC(=O)NCC1(c2ccc(Cl)cc2)CCCC1. The largest absolute Gasteiger partial charge is 0.355 e. The number of rotatable bonds is 5. The number of fused-ring (bicyclic) bond motifs is 1. The number of carbonyl (C=O) groups is 2. The van der Waals surface area contributed by atoms with Crippen molar-refractivity contribution in [3.63, 3.8) is 0 Å². The topological polar surface area (TPSA) is 49.4 Å². The number of nitrogens with one attached hydrogen (secondary N) is 1. The molecule has 2 aromatic carbocycles. The average Bonchev–Trinajstić information content (AvgIpc) is 3.23. The minimum atomic E-state index is -0.279. The van der Waals surface area contributed by atoms with E-state index in [-0.39, 0.29) is 29.7 Å². The standard InChI is InChI=1S/C25H27ClN2O2/c1-18(29)28-15-12-19-6-2-3-7-22(19)23(28)16-24(30)27-17-25(13-4-5-14-25)20-8-10-21(26)11-9-20/h2-3,6-12,15,23H,4-5,13-14,16-17H2,1H3,(H,27,30). The predicted molar refractivity (Wildman–Crippen MR) is 120 cm³/mol. The Balaban J connectivity index is 1.49. The van der Waals surface area contributed by atoms with E-state index in [0.717, 1.165) is 41.8 Å².